The summed E-state index contributed by atoms with van der Waals surface area (Å²) in [4.78, 5) is 11.7. The number of halogens is 1. The quantitative estimate of drug-likeness (QED) is 0.709. The maximum atomic E-state index is 11.7. The minimum atomic E-state index is -3.82. The van der Waals surface area contributed by atoms with E-state index in [4.69, 9.17) is 17.3 Å². The highest BCUT2D eigenvalue weighted by atomic mass is 35.5. The molecule has 0 aliphatic carbocycles. The lowest BCUT2D eigenvalue weighted by molar-refractivity contribution is -0.113. The molecule has 0 spiro atoms. The second-order valence-electron chi connectivity index (χ2n) is 4.51. The molecule has 3 N–H and O–H groups in total. The summed E-state index contributed by atoms with van der Waals surface area (Å²) in [5, 5.41) is 2.54. The highest BCUT2D eigenvalue weighted by molar-refractivity contribution is 7.95. The Hall–Kier alpha value is -1.32. The summed E-state index contributed by atoms with van der Waals surface area (Å²) in [7, 11) is -7.24. The first-order chi connectivity index (χ1) is 9.48. The molecule has 1 aromatic rings. The van der Waals surface area contributed by atoms with Crippen LogP contribution in [-0.2, 0) is 24.5 Å². The first-order valence-corrected chi connectivity index (χ1v) is 9.97. The summed E-state index contributed by atoms with van der Waals surface area (Å²) in [6.07, 6.45) is 0.926. The smallest absolute Gasteiger partial charge is 0.239 e. The molecule has 0 aromatic heterocycles. The molecule has 7 nitrogen and oxygen atoms in total. The number of nitrogen functional groups attached to an aromatic ring is 1. The van der Waals surface area contributed by atoms with Gasteiger partial charge in [0, 0.05) is 11.9 Å². The molecule has 0 heterocycles. The Morgan fingerprint density at radius 3 is 2.43 bits per heavy atom. The summed E-state index contributed by atoms with van der Waals surface area (Å²) in [6, 6.07) is 4.38. The zero-order valence-corrected chi connectivity index (χ0v) is 13.6. The van der Waals surface area contributed by atoms with E-state index >= 15 is 0 Å². The van der Waals surface area contributed by atoms with E-state index in [9.17, 15) is 21.6 Å². The van der Waals surface area contributed by atoms with Crippen LogP contribution in [0.5, 0.6) is 0 Å². The molecule has 1 rings (SSSR count). The number of rotatable bonds is 6. The number of amides is 1. The van der Waals surface area contributed by atoms with E-state index in [2.05, 4.69) is 5.32 Å². The van der Waals surface area contributed by atoms with E-state index in [1.54, 1.807) is 0 Å². The maximum absolute atomic E-state index is 11.7. The number of hydrogen-bond donors (Lipinski definition) is 2. The van der Waals surface area contributed by atoms with E-state index < -0.39 is 42.8 Å². The van der Waals surface area contributed by atoms with Crippen LogP contribution in [0.1, 0.15) is 0 Å². The van der Waals surface area contributed by atoms with Gasteiger partial charge in [0.2, 0.25) is 5.91 Å². The Balaban J connectivity index is 2.71. The van der Waals surface area contributed by atoms with Gasteiger partial charge >= 0.3 is 0 Å². The standard InChI is InChI=1S/C11H15ClN2O5S2/c1-20(16,17)4-5-21(18,19)7-11(15)14-10-6-8(13)2-3-9(10)12/h2-3,6H,4-5,7,13H2,1H3,(H,14,15). The average Bonchev–Trinajstić information content (AvgIpc) is 2.30. The molecule has 0 saturated carbocycles. The van der Waals surface area contributed by atoms with Crippen molar-refractivity contribution in [1.82, 2.24) is 0 Å². The van der Waals surface area contributed by atoms with Crippen molar-refractivity contribution in [2.24, 2.45) is 0 Å². The summed E-state index contributed by atoms with van der Waals surface area (Å²) >= 11 is 5.83. The molecule has 0 bridgehead atoms. The summed E-state index contributed by atoms with van der Waals surface area (Å²) in [5.41, 5.74) is 6.08. The van der Waals surface area contributed by atoms with Crippen molar-refractivity contribution >= 4 is 48.6 Å². The van der Waals surface area contributed by atoms with Gasteiger partial charge in [-0.2, -0.15) is 0 Å². The van der Waals surface area contributed by atoms with Gasteiger partial charge in [0.1, 0.15) is 15.6 Å². The van der Waals surface area contributed by atoms with Crippen LogP contribution in [0.2, 0.25) is 5.02 Å². The highest BCUT2D eigenvalue weighted by Gasteiger charge is 2.19. The molecular weight excluding hydrogens is 340 g/mol. The molecule has 0 atom stereocenters. The van der Waals surface area contributed by atoms with Crippen LogP contribution in [0.4, 0.5) is 11.4 Å². The molecule has 21 heavy (non-hydrogen) atoms. The number of hydrogen-bond acceptors (Lipinski definition) is 6. The van der Waals surface area contributed by atoms with Gasteiger partial charge in [-0.3, -0.25) is 4.79 Å². The predicted molar refractivity (Wildman–Crippen MR) is 82.9 cm³/mol. The molecule has 0 fully saturated rings. The molecule has 0 aliphatic heterocycles. The van der Waals surface area contributed by atoms with E-state index in [1.165, 1.54) is 18.2 Å². The van der Waals surface area contributed by atoms with Crippen molar-refractivity contribution in [3.05, 3.63) is 23.2 Å². The van der Waals surface area contributed by atoms with Gasteiger partial charge in [-0.05, 0) is 18.2 Å². The third-order valence-corrected chi connectivity index (χ3v) is 5.44. The average molecular weight is 355 g/mol. The Bertz CT molecular complexity index is 744. The predicted octanol–water partition coefficient (Wildman–Crippen LogP) is 0.320. The second kappa shape index (κ2) is 6.63. The molecule has 0 saturated heterocycles. The van der Waals surface area contributed by atoms with E-state index in [0.717, 1.165) is 6.26 Å². The number of carbonyl (C=O) groups is 1. The topological polar surface area (TPSA) is 123 Å². The van der Waals surface area contributed by atoms with Gasteiger partial charge in [0.05, 0.1) is 22.2 Å². The Labute approximate surface area is 128 Å². The van der Waals surface area contributed by atoms with E-state index in [-0.39, 0.29) is 10.7 Å². The summed E-state index contributed by atoms with van der Waals surface area (Å²) < 4.78 is 45.2. The summed E-state index contributed by atoms with van der Waals surface area (Å²) in [6.45, 7) is 0. The van der Waals surface area contributed by atoms with Crippen molar-refractivity contribution in [2.45, 2.75) is 0 Å². The first kappa shape index (κ1) is 17.7. The lowest BCUT2D eigenvalue weighted by Gasteiger charge is -2.08. The third-order valence-electron chi connectivity index (χ3n) is 2.38. The Morgan fingerprint density at radius 2 is 1.86 bits per heavy atom. The fraction of sp³-hybridized carbons (Fsp3) is 0.364. The first-order valence-electron chi connectivity index (χ1n) is 5.71. The number of benzene rings is 1. The van der Waals surface area contributed by atoms with E-state index in [1.807, 2.05) is 0 Å². The number of nitrogens with one attached hydrogen (secondary N) is 1. The number of anilines is 2. The van der Waals surface area contributed by atoms with Crippen molar-refractivity contribution < 1.29 is 21.6 Å². The van der Waals surface area contributed by atoms with Crippen molar-refractivity contribution in [1.29, 1.82) is 0 Å². The number of nitrogens with two attached hydrogens (primary N) is 1. The summed E-state index contributed by atoms with van der Waals surface area (Å²) in [5.74, 6) is -2.77. The molecule has 0 radical (unpaired) electrons. The molecule has 10 heteroatoms. The molecule has 1 aromatic carbocycles. The van der Waals surface area contributed by atoms with Gasteiger partial charge < -0.3 is 11.1 Å². The fourth-order valence-corrected chi connectivity index (χ4v) is 4.38. The molecule has 118 valence electrons. The van der Waals surface area contributed by atoms with Gasteiger partial charge in [0.25, 0.3) is 0 Å². The van der Waals surface area contributed by atoms with Crippen LogP contribution in [0, 0.1) is 0 Å². The largest absolute Gasteiger partial charge is 0.399 e. The van der Waals surface area contributed by atoms with Crippen molar-refractivity contribution in [3.63, 3.8) is 0 Å². The van der Waals surface area contributed by atoms with Crippen molar-refractivity contribution in [3.8, 4) is 0 Å². The van der Waals surface area contributed by atoms with Crippen molar-refractivity contribution in [2.75, 3.05) is 34.6 Å². The SMILES string of the molecule is CS(=O)(=O)CCS(=O)(=O)CC(=O)Nc1cc(N)ccc1Cl. The van der Waals surface area contributed by atoms with E-state index in [0.29, 0.717) is 5.69 Å². The Morgan fingerprint density at radius 1 is 1.24 bits per heavy atom. The minimum Gasteiger partial charge on any atom is -0.399 e. The monoisotopic (exact) mass is 354 g/mol. The molecule has 0 aliphatic rings. The van der Waals surface area contributed by atoms with Gasteiger partial charge in [-0.25, -0.2) is 16.8 Å². The number of sulfone groups is 2. The van der Waals surface area contributed by atoms with Gasteiger partial charge in [0.15, 0.2) is 9.84 Å². The van der Waals surface area contributed by atoms with Crippen LogP contribution in [0.15, 0.2) is 18.2 Å². The fourth-order valence-electron chi connectivity index (χ4n) is 1.38. The molecule has 1 amide bonds. The zero-order chi connectivity index (χ0) is 16.3. The van der Waals surface area contributed by atoms with Gasteiger partial charge in [-0.1, -0.05) is 11.6 Å². The highest BCUT2D eigenvalue weighted by Crippen LogP contribution is 2.23. The minimum absolute atomic E-state index is 0.194. The van der Waals surface area contributed by atoms with Crippen LogP contribution in [-0.4, -0.2) is 46.3 Å². The number of carbonyl (C=O) groups excluding carboxylic acids is 1. The zero-order valence-electron chi connectivity index (χ0n) is 11.2. The maximum Gasteiger partial charge on any atom is 0.239 e. The molecular formula is C11H15ClN2O5S2. The second-order valence-corrected chi connectivity index (χ2v) is 9.36. The lowest BCUT2D eigenvalue weighted by atomic mass is 10.3. The lowest BCUT2D eigenvalue weighted by Crippen LogP contribution is -2.27. The third kappa shape index (κ3) is 6.78. The van der Waals surface area contributed by atoms with Crippen LogP contribution >= 0.6 is 11.6 Å². The van der Waals surface area contributed by atoms with Crippen LogP contribution in [0.3, 0.4) is 0 Å². The van der Waals surface area contributed by atoms with Gasteiger partial charge in [-0.15, -0.1) is 0 Å². The molecule has 0 unspecified atom stereocenters. The van der Waals surface area contributed by atoms with Crippen LogP contribution in [0.25, 0.3) is 0 Å². The normalized spacial score (nSPS) is 12.1. The van der Waals surface area contributed by atoms with Crippen LogP contribution < -0.4 is 11.1 Å². The Kier molecular flexibility index (Phi) is 5.60.